The first-order valence-corrected chi connectivity index (χ1v) is 12.3. The molecule has 2 aliphatic carbocycles. The van der Waals surface area contributed by atoms with Crippen LogP contribution >= 0.6 is 23.1 Å². The van der Waals surface area contributed by atoms with Crippen LogP contribution in [0, 0.1) is 17.2 Å². The molecule has 1 amide bonds. The number of aromatic nitrogens is 2. The van der Waals surface area contributed by atoms with Crippen LogP contribution in [0.4, 0.5) is 0 Å². The molecule has 2 aromatic rings. The van der Waals surface area contributed by atoms with E-state index in [9.17, 15) is 14.9 Å². The van der Waals surface area contributed by atoms with Gasteiger partial charge in [0.15, 0.2) is 5.16 Å². The molecule has 2 aromatic heterocycles. The number of allylic oxidation sites excluding steroid dienone is 1. The molecular weight excluding hydrogens is 416 g/mol. The van der Waals surface area contributed by atoms with E-state index >= 15 is 0 Å². The second-order valence-corrected chi connectivity index (χ2v) is 10.4. The van der Waals surface area contributed by atoms with Crippen molar-refractivity contribution in [3.63, 3.8) is 0 Å². The average Bonchev–Trinajstić information content (AvgIpc) is 3.33. The van der Waals surface area contributed by atoms with Gasteiger partial charge in [0.05, 0.1) is 17.2 Å². The number of aryl methyl sites for hydroxylation is 1. The molecule has 0 aromatic carbocycles. The Hall–Kier alpha value is -2.11. The first kappa shape index (κ1) is 21.1. The standard InChI is InChI=1S/C22H26N4O2S2/c1-3-10-26-20(28)18-15-7-6-14(2)11-16(15)30-19(18)24-21(26)29-12-17(27)25-22(13-23)8-4-5-9-22/h3,14H,1,4-12H2,2H3,(H,25,27). The van der Waals surface area contributed by atoms with E-state index in [-0.39, 0.29) is 17.2 Å². The zero-order chi connectivity index (χ0) is 21.3. The lowest BCUT2D eigenvalue weighted by atomic mass is 9.89. The highest BCUT2D eigenvalue weighted by atomic mass is 32.2. The van der Waals surface area contributed by atoms with Crippen molar-refractivity contribution in [2.75, 3.05) is 5.75 Å². The van der Waals surface area contributed by atoms with Gasteiger partial charge in [0.25, 0.3) is 5.56 Å². The van der Waals surface area contributed by atoms with Crippen molar-refractivity contribution in [3.8, 4) is 6.07 Å². The van der Waals surface area contributed by atoms with Gasteiger partial charge >= 0.3 is 0 Å². The zero-order valence-electron chi connectivity index (χ0n) is 17.2. The van der Waals surface area contributed by atoms with Gasteiger partial charge in [-0.3, -0.25) is 14.2 Å². The minimum atomic E-state index is -0.737. The smallest absolute Gasteiger partial charge is 0.263 e. The van der Waals surface area contributed by atoms with E-state index in [2.05, 4.69) is 24.9 Å². The average molecular weight is 443 g/mol. The highest BCUT2D eigenvalue weighted by Gasteiger charge is 2.35. The zero-order valence-corrected chi connectivity index (χ0v) is 18.8. The maximum Gasteiger partial charge on any atom is 0.263 e. The van der Waals surface area contributed by atoms with E-state index in [1.54, 1.807) is 22.0 Å². The fourth-order valence-electron chi connectivity index (χ4n) is 4.48. The van der Waals surface area contributed by atoms with Crippen LogP contribution in [0.3, 0.4) is 0 Å². The Morgan fingerprint density at radius 2 is 2.27 bits per heavy atom. The van der Waals surface area contributed by atoms with Crippen LogP contribution in [0.15, 0.2) is 22.6 Å². The summed E-state index contributed by atoms with van der Waals surface area (Å²) in [6.45, 7) is 6.38. The molecule has 6 nitrogen and oxygen atoms in total. The summed E-state index contributed by atoms with van der Waals surface area (Å²) in [5.74, 6) is 0.560. The predicted molar refractivity (Wildman–Crippen MR) is 121 cm³/mol. The van der Waals surface area contributed by atoms with Crippen LogP contribution in [0.5, 0.6) is 0 Å². The number of thiophene rings is 1. The molecule has 2 heterocycles. The summed E-state index contributed by atoms with van der Waals surface area (Å²) in [5, 5.41) is 13.7. The third kappa shape index (κ3) is 3.93. The maximum atomic E-state index is 13.3. The number of rotatable bonds is 6. The number of nitrogens with one attached hydrogen (secondary N) is 1. The Bertz CT molecular complexity index is 1090. The van der Waals surface area contributed by atoms with Gasteiger partial charge in [0, 0.05) is 11.4 Å². The number of carbonyl (C=O) groups is 1. The number of nitrogens with zero attached hydrogens (tertiary/aromatic N) is 3. The first-order valence-electron chi connectivity index (χ1n) is 10.5. The monoisotopic (exact) mass is 442 g/mol. The minimum Gasteiger partial charge on any atom is -0.337 e. The van der Waals surface area contributed by atoms with Gasteiger partial charge in [-0.15, -0.1) is 17.9 Å². The molecule has 0 radical (unpaired) electrons. The molecule has 1 unspecified atom stereocenters. The fourth-order valence-corrected chi connectivity index (χ4v) is 6.71. The normalized spacial score (nSPS) is 19.9. The van der Waals surface area contributed by atoms with Gasteiger partial charge in [0.2, 0.25) is 5.91 Å². The Morgan fingerprint density at radius 3 is 2.97 bits per heavy atom. The van der Waals surface area contributed by atoms with Gasteiger partial charge in [0.1, 0.15) is 10.4 Å². The van der Waals surface area contributed by atoms with E-state index in [0.29, 0.717) is 30.5 Å². The number of thioether (sulfide) groups is 1. The molecule has 4 rings (SSSR count). The molecule has 0 bridgehead atoms. The number of fused-ring (bicyclic) bond motifs is 3. The van der Waals surface area contributed by atoms with Crippen LogP contribution in [0.25, 0.3) is 10.2 Å². The molecule has 0 spiro atoms. The van der Waals surface area contributed by atoms with E-state index in [4.69, 9.17) is 4.98 Å². The number of hydrogen-bond donors (Lipinski definition) is 1. The molecule has 1 fully saturated rings. The lowest BCUT2D eigenvalue weighted by Gasteiger charge is -2.21. The third-order valence-electron chi connectivity index (χ3n) is 6.07. The molecule has 0 aliphatic heterocycles. The highest BCUT2D eigenvalue weighted by molar-refractivity contribution is 7.99. The summed E-state index contributed by atoms with van der Waals surface area (Å²) in [5.41, 5.74) is 0.383. The lowest BCUT2D eigenvalue weighted by molar-refractivity contribution is -0.119. The lowest BCUT2D eigenvalue weighted by Crippen LogP contribution is -2.45. The molecule has 158 valence electrons. The number of nitriles is 1. The molecule has 1 atom stereocenters. The predicted octanol–water partition coefficient (Wildman–Crippen LogP) is 3.81. The van der Waals surface area contributed by atoms with Crippen molar-refractivity contribution in [1.82, 2.24) is 14.9 Å². The number of amides is 1. The first-order chi connectivity index (χ1) is 14.5. The molecule has 0 saturated heterocycles. The van der Waals surface area contributed by atoms with Crippen molar-refractivity contribution in [2.45, 2.75) is 69.1 Å². The third-order valence-corrected chi connectivity index (χ3v) is 8.20. The summed E-state index contributed by atoms with van der Waals surface area (Å²) in [4.78, 5) is 32.7. The quantitative estimate of drug-likeness (QED) is 0.417. The molecule has 1 saturated carbocycles. The second kappa shape index (κ2) is 8.56. The Labute approximate surface area is 184 Å². The Kier molecular flexibility index (Phi) is 6.03. The second-order valence-electron chi connectivity index (χ2n) is 8.37. The van der Waals surface area contributed by atoms with Crippen LogP contribution in [-0.2, 0) is 24.2 Å². The van der Waals surface area contributed by atoms with Crippen molar-refractivity contribution in [2.24, 2.45) is 5.92 Å². The molecular formula is C22H26N4O2S2. The topological polar surface area (TPSA) is 87.8 Å². The molecule has 1 N–H and O–H groups in total. The number of carbonyl (C=O) groups excluding carboxylic acids is 1. The van der Waals surface area contributed by atoms with Crippen molar-refractivity contribution in [1.29, 1.82) is 5.26 Å². The Morgan fingerprint density at radius 1 is 1.50 bits per heavy atom. The van der Waals surface area contributed by atoms with Crippen LogP contribution < -0.4 is 10.9 Å². The van der Waals surface area contributed by atoms with E-state index in [1.165, 1.54) is 16.6 Å². The fraction of sp³-hybridized carbons (Fsp3) is 0.545. The van der Waals surface area contributed by atoms with Crippen molar-refractivity contribution < 1.29 is 4.79 Å². The van der Waals surface area contributed by atoms with E-state index < -0.39 is 5.54 Å². The van der Waals surface area contributed by atoms with E-state index in [0.717, 1.165) is 47.9 Å². The highest BCUT2D eigenvalue weighted by Crippen LogP contribution is 2.36. The summed E-state index contributed by atoms with van der Waals surface area (Å²) in [7, 11) is 0. The van der Waals surface area contributed by atoms with Gasteiger partial charge in [-0.05, 0) is 56.4 Å². The van der Waals surface area contributed by atoms with Gasteiger partial charge in [-0.2, -0.15) is 5.26 Å². The summed E-state index contributed by atoms with van der Waals surface area (Å²) >= 11 is 2.87. The van der Waals surface area contributed by atoms with Crippen LogP contribution in [0.1, 0.15) is 49.5 Å². The van der Waals surface area contributed by atoms with Crippen LogP contribution in [0.2, 0.25) is 0 Å². The SMILES string of the molecule is C=CCn1c(SCC(=O)NC2(C#N)CCCC2)nc2sc3c(c2c1=O)CCC(C)C3. The molecule has 8 heteroatoms. The van der Waals surface area contributed by atoms with Gasteiger partial charge in [-0.1, -0.05) is 24.8 Å². The van der Waals surface area contributed by atoms with Crippen LogP contribution in [-0.4, -0.2) is 26.8 Å². The molecule has 30 heavy (non-hydrogen) atoms. The summed E-state index contributed by atoms with van der Waals surface area (Å²) < 4.78 is 1.62. The van der Waals surface area contributed by atoms with Gasteiger partial charge < -0.3 is 5.32 Å². The summed E-state index contributed by atoms with van der Waals surface area (Å²) in [6.07, 6.45) is 8.01. The number of hydrogen-bond acceptors (Lipinski definition) is 6. The summed E-state index contributed by atoms with van der Waals surface area (Å²) in [6, 6.07) is 2.28. The maximum absolute atomic E-state index is 13.3. The van der Waals surface area contributed by atoms with Crippen molar-refractivity contribution >= 4 is 39.2 Å². The minimum absolute atomic E-state index is 0.0425. The molecule has 2 aliphatic rings. The van der Waals surface area contributed by atoms with Crippen molar-refractivity contribution in [3.05, 3.63) is 33.4 Å². The largest absolute Gasteiger partial charge is 0.337 e. The Balaban J connectivity index is 1.61. The van der Waals surface area contributed by atoms with E-state index in [1.807, 2.05) is 0 Å². The van der Waals surface area contributed by atoms with Gasteiger partial charge in [-0.25, -0.2) is 4.98 Å².